The van der Waals surface area contributed by atoms with E-state index in [2.05, 4.69) is 43.3 Å². The highest BCUT2D eigenvalue weighted by Crippen LogP contribution is 2.22. The zero-order valence-corrected chi connectivity index (χ0v) is 17.2. The Hall–Kier alpha value is -2.29. The van der Waals surface area contributed by atoms with Gasteiger partial charge in [-0.1, -0.05) is 75.1 Å². The summed E-state index contributed by atoms with van der Waals surface area (Å²) >= 11 is 0. The fraction of sp³-hybridized carbons (Fsp3) is 0.480. The monoisotopic (exact) mass is 382 g/mol. The van der Waals surface area contributed by atoms with E-state index in [1.807, 2.05) is 12.1 Å². The molecule has 3 nitrogen and oxygen atoms in total. The topological polar surface area (TPSA) is 46.5 Å². The predicted octanol–water partition coefficient (Wildman–Crippen LogP) is 6.58. The number of rotatable bonds is 14. The molecule has 0 fully saturated rings. The van der Waals surface area contributed by atoms with Gasteiger partial charge in [0.25, 0.3) is 0 Å². The summed E-state index contributed by atoms with van der Waals surface area (Å²) in [5, 5.41) is 8.68. The van der Waals surface area contributed by atoms with Gasteiger partial charge < -0.3 is 9.84 Å². The van der Waals surface area contributed by atoms with Crippen molar-refractivity contribution in [1.82, 2.24) is 0 Å². The lowest BCUT2D eigenvalue weighted by Crippen LogP contribution is -1.99. The first-order valence-electron chi connectivity index (χ1n) is 10.7. The van der Waals surface area contributed by atoms with E-state index in [1.165, 1.54) is 36.0 Å². The number of carboxylic acid groups (broad SMARTS) is 1. The molecule has 0 saturated heterocycles. The van der Waals surface area contributed by atoms with Gasteiger partial charge in [0, 0.05) is 6.42 Å². The van der Waals surface area contributed by atoms with Gasteiger partial charge in [-0.3, -0.25) is 4.79 Å². The highest BCUT2D eigenvalue weighted by Gasteiger charge is 2.04. The molecule has 0 amide bonds. The number of aliphatic carboxylic acids is 1. The maximum absolute atomic E-state index is 10.5. The number of ether oxygens (including phenoxy) is 1. The Morgan fingerprint density at radius 1 is 0.821 bits per heavy atom. The number of aryl methyl sites for hydroxylation is 2. The molecule has 0 aliphatic rings. The van der Waals surface area contributed by atoms with Crippen molar-refractivity contribution < 1.29 is 14.6 Å². The van der Waals surface area contributed by atoms with Crippen molar-refractivity contribution in [2.45, 2.75) is 77.7 Å². The van der Waals surface area contributed by atoms with Crippen molar-refractivity contribution in [3.05, 3.63) is 65.2 Å². The normalized spacial score (nSPS) is 10.8. The summed E-state index contributed by atoms with van der Waals surface area (Å²) in [6.07, 6.45) is 10.1. The summed E-state index contributed by atoms with van der Waals surface area (Å²) in [6, 6.07) is 17.0. The zero-order valence-electron chi connectivity index (χ0n) is 17.2. The van der Waals surface area contributed by atoms with Crippen molar-refractivity contribution in [2.75, 3.05) is 0 Å². The van der Waals surface area contributed by atoms with E-state index in [9.17, 15) is 4.79 Å². The third-order valence-electron chi connectivity index (χ3n) is 5.05. The number of benzene rings is 2. The van der Waals surface area contributed by atoms with Crippen LogP contribution in [0.25, 0.3) is 0 Å². The molecule has 0 heterocycles. The summed E-state index contributed by atoms with van der Waals surface area (Å²) in [5.74, 6) is 0.257. The molecular weight excluding hydrogens is 348 g/mol. The summed E-state index contributed by atoms with van der Waals surface area (Å²) in [5.41, 5.74) is 3.83. The van der Waals surface area contributed by atoms with Crippen LogP contribution in [0.2, 0.25) is 0 Å². The van der Waals surface area contributed by atoms with Gasteiger partial charge in [0.15, 0.2) is 0 Å². The van der Waals surface area contributed by atoms with Gasteiger partial charge in [-0.15, -0.1) is 0 Å². The van der Waals surface area contributed by atoms with Gasteiger partial charge >= 0.3 is 5.97 Å². The molecule has 0 aliphatic carbocycles. The highest BCUT2D eigenvalue weighted by atomic mass is 16.5. The maximum Gasteiger partial charge on any atom is 0.303 e. The average Bonchev–Trinajstić information content (AvgIpc) is 2.70. The minimum atomic E-state index is -0.701. The summed E-state index contributed by atoms with van der Waals surface area (Å²) in [6.45, 7) is 2.82. The largest absolute Gasteiger partial charge is 0.489 e. The molecule has 2 rings (SSSR count). The minimum absolute atomic E-state index is 0.275. The van der Waals surface area contributed by atoms with Crippen LogP contribution in [0.5, 0.6) is 5.75 Å². The van der Waals surface area contributed by atoms with Crippen LogP contribution in [-0.2, 0) is 24.2 Å². The van der Waals surface area contributed by atoms with Crippen LogP contribution in [0, 0.1) is 0 Å². The molecule has 3 heteroatoms. The summed E-state index contributed by atoms with van der Waals surface area (Å²) in [4.78, 5) is 10.5. The number of hydrogen-bond acceptors (Lipinski definition) is 2. The molecule has 2 aromatic carbocycles. The van der Waals surface area contributed by atoms with Crippen LogP contribution in [0.1, 0.15) is 75.0 Å². The third-order valence-corrected chi connectivity index (χ3v) is 5.05. The second kappa shape index (κ2) is 13.0. The molecule has 0 aromatic heterocycles. The number of para-hydroxylation sites is 1. The van der Waals surface area contributed by atoms with E-state index in [0.29, 0.717) is 6.61 Å². The molecule has 0 atom stereocenters. The quantitative estimate of drug-likeness (QED) is 0.376. The van der Waals surface area contributed by atoms with Gasteiger partial charge in [-0.2, -0.15) is 0 Å². The van der Waals surface area contributed by atoms with Crippen LogP contribution in [0.3, 0.4) is 0 Å². The Morgan fingerprint density at radius 3 is 2.25 bits per heavy atom. The molecule has 0 aliphatic heterocycles. The molecule has 0 bridgehead atoms. The van der Waals surface area contributed by atoms with Crippen LogP contribution >= 0.6 is 0 Å². The Kier molecular flexibility index (Phi) is 10.2. The SMILES string of the molecule is CCCCCc1ccc(COc2ccccc2CCCCCCC(=O)O)cc1. The molecule has 0 spiro atoms. The maximum atomic E-state index is 10.5. The average molecular weight is 383 g/mol. The predicted molar refractivity (Wildman–Crippen MR) is 115 cm³/mol. The summed E-state index contributed by atoms with van der Waals surface area (Å²) < 4.78 is 6.09. The first-order valence-corrected chi connectivity index (χ1v) is 10.7. The molecular formula is C25H34O3. The van der Waals surface area contributed by atoms with Crippen molar-refractivity contribution in [3.63, 3.8) is 0 Å². The van der Waals surface area contributed by atoms with E-state index in [1.54, 1.807) is 0 Å². The standard InChI is InChI=1S/C25H34O3/c1-2-3-6-11-21-16-18-22(19-17-21)20-28-24-14-10-9-13-23(24)12-7-4-5-8-15-25(26)27/h9-10,13-14,16-19H,2-8,11-12,15,20H2,1H3,(H,26,27). The van der Waals surface area contributed by atoms with Crippen molar-refractivity contribution in [3.8, 4) is 5.75 Å². The first-order chi connectivity index (χ1) is 13.7. The number of unbranched alkanes of at least 4 members (excludes halogenated alkanes) is 5. The van der Waals surface area contributed by atoms with Gasteiger partial charge in [0.1, 0.15) is 12.4 Å². The molecule has 0 unspecified atom stereocenters. The number of carboxylic acids is 1. The van der Waals surface area contributed by atoms with Crippen molar-refractivity contribution in [2.24, 2.45) is 0 Å². The Balaban J connectivity index is 1.77. The first kappa shape index (κ1) is 22.0. The molecule has 152 valence electrons. The van der Waals surface area contributed by atoms with E-state index in [0.717, 1.165) is 44.3 Å². The van der Waals surface area contributed by atoms with Gasteiger partial charge in [-0.05, 0) is 54.9 Å². The van der Waals surface area contributed by atoms with Crippen LogP contribution in [-0.4, -0.2) is 11.1 Å². The fourth-order valence-corrected chi connectivity index (χ4v) is 3.34. The van der Waals surface area contributed by atoms with Gasteiger partial charge in [0.2, 0.25) is 0 Å². The Labute approximate surface area is 169 Å². The van der Waals surface area contributed by atoms with Crippen LogP contribution < -0.4 is 4.74 Å². The molecule has 0 radical (unpaired) electrons. The Morgan fingerprint density at radius 2 is 1.50 bits per heavy atom. The molecule has 28 heavy (non-hydrogen) atoms. The van der Waals surface area contributed by atoms with Crippen LogP contribution in [0.15, 0.2) is 48.5 Å². The van der Waals surface area contributed by atoms with E-state index in [4.69, 9.17) is 9.84 Å². The molecule has 2 aromatic rings. The highest BCUT2D eigenvalue weighted by molar-refractivity contribution is 5.66. The van der Waals surface area contributed by atoms with Crippen molar-refractivity contribution >= 4 is 5.97 Å². The molecule has 1 N–H and O–H groups in total. The Bertz CT molecular complexity index is 691. The number of hydrogen-bond donors (Lipinski definition) is 1. The minimum Gasteiger partial charge on any atom is -0.489 e. The lowest BCUT2D eigenvalue weighted by Gasteiger charge is -2.12. The lowest BCUT2D eigenvalue weighted by molar-refractivity contribution is -0.137. The lowest BCUT2D eigenvalue weighted by atomic mass is 10.0. The number of carbonyl (C=O) groups is 1. The molecule has 0 saturated carbocycles. The van der Waals surface area contributed by atoms with E-state index < -0.39 is 5.97 Å². The second-order valence-electron chi connectivity index (χ2n) is 7.48. The smallest absolute Gasteiger partial charge is 0.303 e. The fourth-order valence-electron chi connectivity index (χ4n) is 3.34. The van der Waals surface area contributed by atoms with E-state index >= 15 is 0 Å². The van der Waals surface area contributed by atoms with Gasteiger partial charge in [-0.25, -0.2) is 0 Å². The third kappa shape index (κ3) is 8.60. The summed E-state index contributed by atoms with van der Waals surface area (Å²) in [7, 11) is 0. The second-order valence-corrected chi connectivity index (χ2v) is 7.48. The van der Waals surface area contributed by atoms with Crippen LogP contribution in [0.4, 0.5) is 0 Å². The zero-order chi connectivity index (χ0) is 20.0. The van der Waals surface area contributed by atoms with Gasteiger partial charge in [0.05, 0.1) is 0 Å². The van der Waals surface area contributed by atoms with E-state index in [-0.39, 0.29) is 6.42 Å². The van der Waals surface area contributed by atoms with Crippen molar-refractivity contribution in [1.29, 1.82) is 0 Å².